The van der Waals surface area contributed by atoms with Crippen molar-refractivity contribution in [1.82, 2.24) is 0 Å². The third-order valence-electron chi connectivity index (χ3n) is 0.743. The van der Waals surface area contributed by atoms with E-state index in [1.165, 1.54) is 7.11 Å². The molecule has 0 saturated carbocycles. The third kappa shape index (κ3) is 3.23. The third-order valence-corrected chi connectivity index (χ3v) is 0.743. The van der Waals surface area contributed by atoms with Crippen LogP contribution in [0.4, 0.5) is 0 Å². The van der Waals surface area contributed by atoms with Crippen LogP contribution >= 0.6 is 0 Å². The second-order valence-corrected chi connectivity index (χ2v) is 1.33. The summed E-state index contributed by atoms with van der Waals surface area (Å²) in [5, 5.41) is 6.92. The standard InChI is InChI=1S/C6H9NO/c1-3-4-5-6(7)8-2/h1,7H,4-5H2,2H3. The number of ether oxygens (including phenoxy) is 1. The lowest BCUT2D eigenvalue weighted by molar-refractivity contribution is 0.387. The first-order valence-corrected chi connectivity index (χ1v) is 2.36. The van der Waals surface area contributed by atoms with Gasteiger partial charge in [-0.05, 0) is 0 Å². The Balaban J connectivity index is 3.15. The van der Waals surface area contributed by atoms with Gasteiger partial charge >= 0.3 is 0 Å². The van der Waals surface area contributed by atoms with Gasteiger partial charge in [0.2, 0.25) is 0 Å². The van der Waals surface area contributed by atoms with E-state index in [1.807, 2.05) is 0 Å². The molecular formula is C6H9NO. The zero-order valence-electron chi connectivity index (χ0n) is 4.90. The van der Waals surface area contributed by atoms with Crippen molar-refractivity contribution in [2.24, 2.45) is 0 Å². The van der Waals surface area contributed by atoms with E-state index in [9.17, 15) is 0 Å². The summed E-state index contributed by atoms with van der Waals surface area (Å²) in [6, 6.07) is 0. The minimum atomic E-state index is 0.253. The Labute approximate surface area is 49.4 Å². The Kier molecular flexibility index (Phi) is 3.69. The lowest BCUT2D eigenvalue weighted by atomic mass is 10.3. The Hall–Kier alpha value is -0.970. The number of hydrogen-bond donors (Lipinski definition) is 1. The maximum atomic E-state index is 6.92. The van der Waals surface area contributed by atoms with Gasteiger partial charge in [-0.3, -0.25) is 5.41 Å². The van der Waals surface area contributed by atoms with Crippen molar-refractivity contribution >= 4 is 5.90 Å². The summed E-state index contributed by atoms with van der Waals surface area (Å²) in [6.45, 7) is 0. The van der Waals surface area contributed by atoms with Crippen LogP contribution in [0.5, 0.6) is 0 Å². The zero-order chi connectivity index (χ0) is 6.41. The largest absolute Gasteiger partial charge is 0.484 e. The predicted molar refractivity (Wildman–Crippen MR) is 32.8 cm³/mol. The van der Waals surface area contributed by atoms with E-state index < -0.39 is 0 Å². The maximum absolute atomic E-state index is 6.92. The normalized spacial score (nSPS) is 7.50. The second kappa shape index (κ2) is 4.20. The molecule has 0 aliphatic carbocycles. The van der Waals surface area contributed by atoms with Gasteiger partial charge in [0.15, 0.2) is 5.90 Å². The first-order chi connectivity index (χ1) is 3.81. The summed E-state index contributed by atoms with van der Waals surface area (Å²) in [5.41, 5.74) is 0. The molecule has 0 fully saturated rings. The fourth-order valence-electron chi connectivity index (χ4n) is 0.288. The highest BCUT2D eigenvalue weighted by Gasteiger charge is 1.89. The minimum absolute atomic E-state index is 0.253. The summed E-state index contributed by atoms with van der Waals surface area (Å²) in [6.07, 6.45) is 6.07. The first-order valence-electron chi connectivity index (χ1n) is 2.36. The van der Waals surface area contributed by atoms with Gasteiger partial charge in [0.1, 0.15) is 0 Å². The lowest BCUT2D eigenvalue weighted by Crippen LogP contribution is -1.96. The van der Waals surface area contributed by atoms with Gasteiger partial charge in [0.25, 0.3) is 0 Å². The highest BCUT2D eigenvalue weighted by atomic mass is 16.5. The molecule has 0 aliphatic rings. The summed E-state index contributed by atoms with van der Waals surface area (Å²) in [7, 11) is 1.47. The molecule has 0 aliphatic heterocycles. The molecule has 0 heterocycles. The SMILES string of the molecule is C#CCCC(=N)OC. The summed E-state index contributed by atoms with van der Waals surface area (Å²) >= 11 is 0. The molecule has 8 heavy (non-hydrogen) atoms. The molecule has 2 heteroatoms. The zero-order valence-corrected chi connectivity index (χ0v) is 4.90. The van der Waals surface area contributed by atoms with Crippen molar-refractivity contribution < 1.29 is 4.74 Å². The Morgan fingerprint density at radius 2 is 2.50 bits per heavy atom. The Morgan fingerprint density at radius 1 is 1.88 bits per heavy atom. The Morgan fingerprint density at radius 3 is 2.88 bits per heavy atom. The van der Waals surface area contributed by atoms with Crippen molar-refractivity contribution in [3.63, 3.8) is 0 Å². The van der Waals surface area contributed by atoms with Crippen LogP contribution in [0.25, 0.3) is 0 Å². The number of rotatable bonds is 2. The molecule has 0 amide bonds. The van der Waals surface area contributed by atoms with Crippen molar-refractivity contribution in [3.8, 4) is 12.3 Å². The van der Waals surface area contributed by atoms with E-state index in [2.05, 4.69) is 10.7 Å². The quantitative estimate of drug-likeness (QED) is 0.322. The summed E-state index contributed by atoms with van der Waals surface area (Å²) in [5.74, 6) is 2.66. The highest BCUT2D eigenvalue weighted by molar-refractivity contribution is 5.72. The van der Waals surface area contributed by atoms with E-state index in [4.69, 9.17) is 11.8 Å². The lowest BCUT2D eigenvalue weighted by Gasteiger charge is -1.95. The van der Waals surface area contributed by atoms with Crippen molar-refractivity contribution in [2.75, 3.05) is 7.11 Å². The van der Waals surface area contributed by atoms with Crippen LogP contribution in [-0.2, 0) is 4.74 Å². The highest BCUT2D eigenvalue weighted by Crippen LogP contribution is 1.87. The van der Waals surface area contributed by atoms with E-state index in [0.29, 0.717) is 12.8 Å². The van der Waals surface area contributed by atoms with Crippen LogP contribution < -0.4 is 0 Å². The summed E-state index contributed by atoms with van der Waals surface area (Å²) < 4.78 is 4.54. The minimum Gasteiger partial charge on any atom is -0.484 e. The monoisotopic (exact) mass is 111 g/mol. The molecule has 2 nitrogen and oxygen atoms in total. The Bertz CT molecular complexity index is 112. The van der Waals surface area contributed by atoms with Crippen LogP contribution in [0.1, 0.15) is 12.8 Å². The smallest absolute Gasteiger partial charge is 0.180 e. The molecule has 0 rings (SSSR count). The van der Waals surface area contributed by atoms with Crippen LogP contribution in [-0.4, -0.2) is 13.0 Å². The van der Waals surface area contributed by atoms with Crippen molar-refractivity contribution in [3.05, 3.63) is 0 Å². The molecule has 0 unspecified atom stereocenters. The van der Waals surface area contributed by atoms with Gasteiger partial charge in [-0.2, -0.15) is 0 Å². The van der Waals surface area contributed by atoms with Crippen molar-refractivity contribution in [2.45, 2.75) is 12.8 Å². The molecule has 0 radical (unpaired) electrons. The summed E-state index contributed by atoms with van der Waals surface area (Å²) in [4.78, 5) is 0. The van der Waals surface area contributed by atoms with E-state index in [0.717, 1.165) is 0 Å². The molecular weight excluding hydrogens is 102 g/mol. The fourth-order valence-corrected chi connectivity index (χ4v) is 0.288. The molecule has 0 aromatic rings. The van der Waals surface area contributed by atoms with Gasteiger partial charge in [0, 0.05) is 12.8 Å². The molecule has 0 spiro atoms. The molecule has 44 valence electrons. The topological polar surface area (TPSA) is 33.1 Å². The second-order valence-electron chi connectivity index (χ2n) is 1.33. The maximum Gasteiger partial charge on any atom is 0.180 e. The van der Waals surface area contributed by atoms with Gasteiger partial charge in [-0.1, -0.05) is 0 Å². The van der Waals surface area contributed by atoms with Crippen molar-refractivity contribution in [1.29, 1.82) is 5.41 Å². The molecule has 0 aromatic heterocycles. The number of terminal acetylenes is 1. The fraction of sp³-hybridized carbons (Fsp3) is 0.500. The van der Waals surface area contributed by atoms with Crippen LogP contribution in [0.2, 0.25) is 0 Å². The number of hydrogen-bond acceptors (Lipinski definition) is 2. The van der Waals surface area contributed by atoms with Crippen LogP contribution in [0.3, 0.4) is 0 Å². The van der Waals surface area contributed by atoms with E-state index >= 15 is 0 Å². The molecule has 0 atom stereocenters. The van der Waals surface area contributed by atoms with Gasteiger partial charge in [0.05, 0.1) is 7.11 Å². The molecule has 0 bridgehead atoms. The van der Waals surface area contributed by atoms with Gasteiger partial charge < -0.3 is 4.74 Å². The average molecular weight is 111 g/mol. The molecule has 0 aromatic carbocycles. The first kappa shape index (κ1) is 7.03. The van der Waals surface area contributed by atoms with E-state index in [-0.39, 0.29) is 5.90 Å². The van der Waals surface area contributed by atoms with Crippen LogP contribution in [0, 0.1) is 17.8 Å². The molecule has 1 N–H and O–H groups in total. The van der Waals surface area contributed by atoms with Gasteiger partial charge in [-0.15, -0.1) is 12.3 Å². The van der Waals surface area contributed by atoms with Gasteiger partial charge in [-0.25, -0.2) is 0 Å². The van der Waals surface area contributed by atoms with E-state index in [1.54, 1.807) is 0 Å². The predicted octanol–water partition coefficient (Wildman–Crippen LogP) is 1.02. The number of methoxy groups -OCH3 is 1. The molecule has 0 saturated heterocycles. The number of nitrogens with one attached hydrogen (secondary N) is 1. The van der Waals surface area contributed by atoms with Crippen LogP contribution in [0.15, 0.2) is 0 Å². The average Bonchev–Trinajstić information content (AvgIpc) is 1.83.